The van der Waals surface area contributed by atoms with E-state index in [2.05, 4.69) is 0 Å². The van der Waals surface area contributed by atoms with Crippen LogP contribution < -0.4 is 0 Å². The largest absolute Gasteiger partial charge is 0.462 e. The first-order valence-electron chi connectivity index (χ1n) is 4.71. The molecule has 0 unspecified atom stereocenters. The second-order valence-corrected chi connectivity index (χ2v) is 2.47. The molecule has 80 valence electrons. The molecule has 0 aliphatic rings. The van der Waals surface area contributed by atoms with Crippen LogP contribution in [0.3, 0.4) is 0 Å². The van der Waals surface area contributed by atoms with Crippen molar-refractivity contribution in [2.24, 2.45) is 0 Å². The molecule has 0 saturated carbocycles. The molecule has 0 aliphatic heterocycles. The van der Waals surface area contributed by atoms with Crippen molar-refractivity contribution in [2.45, 2.75) is 27.2 Å². The average Bonchev–Trinajstić information content (AvgIpc) is 2.14. The number of esters is 2. The Bertz CT molecular complexity index is 210. The van der Waals surface area contributed by atoms with Crippen molar-refractivity contribution in [3.8, 4) is 0 Å². The van der Waals surface area contributed by atoms with E-state index in [9.17, 15) is 9.59 Å². The third-order valence-corrected chi connectivity index (χ3v) is 1.40. The SMILES string of the molecule is CCC=C(C(=O)OCC)C(=O)OCC. The Balaban J connectivity index is 4.51. The molecule has 4 nitrogen and oxygen atoms in total. The van der Waals surface area contributed by atoms with Crippen LogP contribution in [-0.2, 0) is 19.1 Å². The zero-order chi connectivity index (χ0) is 11.0. The van der Waals surface area contributed by atoms with Gasteiger partial charge in [-0.05, 0) is 20.3 Å². The van der Waals surface area contributed by atoms with Gasteiger partial charge in [-0.15, -0.1) is 0 Å². The Kier molecular flexibility index (Phi) is 6.45. The van der Waals surface area contributed by atoms with E-state index in [1.807, 2.05) is 6.92 Å². The molecule has 0 aliphatic carbocycles. The highest BCUT2D eigenvalue weighted by Gasteiger charge is 2.19. The summed E-state index contributed by atoms with van der Waals surface area (Å²) in [4.78, 5) is 22.5. The van der Waals surface area contributed by atoms with Crippen LogP contribution in [-0.4, -0.2) is 25.2 Å². The second-order valence-electron chi connectivity index (χ2n) is 2.47. The summed E-state index contributed by atoms with van der Waals surface area (Å²) in [6.45, 7) is 5.70. The van der Waals surface area contributed by atoms with E-state index in [1.165, 1.54) is 6.08 Å². The number of hydrogen-bond acceptors (Lipinski definition) is 4. The minimum atomic E-state index is -0.618. The maximum absolute atomic E-state index is 11.3. The molecule has 0 bridgehead atoms. The molecule has 0 spiro atoms. The quantitative estimate of drug-likeness (QED) is 0.292. The third-order valence-electron chi connectivity index (χ3n) is 1.40. The smallest absolute Gasteiger partial charge is 0.345 e. The summed E-state index contributed by atoms with van der Waals surface area (Å²) in [6.07, 6.45) is 2.10. The third kappa shape index (κ3) is 4.07. The molecule has 0 rings (SSSR count). The molecular weight excluding hydrogens is 184 g/mol. The van der Waals surface area contributed by atoms with Gasteiger partial charge < -0.3 is 9.47 Å². The summed E-state index contributed by atoms with van der Waals surface area (Å²) in [7, 11) is 0. The Morgan fingerprint density at radius 2 is 1.43 bits per heavy atom. The molecule has 0 heterocycles. The van der Waals surface area contributed by atoms with Crippen molar-refractivity contribution in [3.63, 3.8) is 0 Å². The molecule has 0 saturated heterocycles. The molecule has 0 amide bonds. The van der Waals surface area contributed by atoms with E-state index in [1.54, 1.807) is 13.8 Å². The van der Waals surface area contributed by atoms with E-state index in [0.29, 0.717) is 6.42 Å². The van der Waals surface area contributed by atoms with Crippen molar-refractivity contribution >= 4 is 11.9 Å². The number of carbonyl (C=O) groups excluding carboxylic acids is 2. The predicted molar refractivity (Wildman–Crippen MR) is 51.6 cm³/mol. The van der Waals surface area contributed by atoms with E-state index in [4.69, 9.17) is 9.47 Å². The molecule has 0 aromatic carbocycles. The van der Waals surface area contributed by atoms with Gasteiger partial charge in [0.2, 0.25) is 0 Å². The fraction of sp³-hybridized carbons (Fsp3) is 0.600. The van der Waals surface area contributed by atoms with Crippen molar-refractivity contribution in [1.29, 1.82) is 0 Å². The molecule has 0 radical (unpaired) electrons. The van der Waals surface area contributed by atoms with Crippen LogP contribution in [0.2, 0.25) is 0 Å². The molecule has 14 heavy (non-hydrogen) atoms. The molecule has 0 aromatic heterocycles. The van der Waals surface area contributed by atoms with Crippen LogP contribution >= 0.6 is 0 Å². The molecule has 4 heteroatoms. The van der Waals surface area contributed by atoms with Crippen molar-refractivity contribution in [1.82, 2.24) is 0 Å². The molecule has 0 atom stereocenters. The van der Waals surface area contributed by atoms with Crippen LogP contribution in [0.4, 0.5) is 0 Å². The van der Waals surface area contributed by atoms with E-state index in [0.717, 1.165) is 0 Å². The van der Waals surface area contributed by atoms with Crippen molar-refractivity contribution in [2.75, 3.05) is 13.2 Å². The minimum absolute atomic E-state index is 0.0174. The van der Waals surface area contributed by atoms with Crippen molar-refractivity contribution in [3.05, 3.63) is 11.6 Å². The normalized spacial score (nSPS) is 9.07. The average molecular weight is 200 g/mol. The van der Waals surface area contributed by atoms with Crippen LogP contribution in [0.1, 0.15) is 27.2 Å². The van der Waals surface area contributed by atoms with Gasteiger partial charge in [0, 0.05) is 0 Å². The van der Waals surface area contributed by atoms with Crippen LogP contribution in [0.15, 0.2) is 11.6 Å². The van der Waals surface area contributed by atoms with Gasteiger partial charge in [-0.25, -0.2) is 9.59 Å². The van der Waals surface area contributed by atoms with Gasteiger partial charge in [0.15, 0.2) is 0 Å². The summed E-state index contributed by atoms with van der Waals surface area (Å²) in [5, 5.41) is 0. The Morgan fingerprint density at radius 3 is 1.71 bits per heavy atom. The second kappa shape index (κ2) is 7.12. The Hall–Kier alpha value is -1.32. The number of rotatable bonds is 5. The predicted octanol–water partition coefficient (Wildman–Crippen LogP) is 1.45. The summed E-state index contributed by atoms with van der Waals surface area (Å²) in [5.74, 6) is -1.24. The van der Waals surface area contributed by atoms with E-state index >= 15 is 0 Å². The molecule has 0 fully saturated rings. The topological polar surface area (TPSA) is 52.6 Å². The number of ether oxygens (including phenoxy) is 2. The fourth-order valence-corrected chi connectivity index (χ4v) is 0.872. The van der Waals surface area contributed by atoms with Crippen molar-refractivity contribution < 1.29 is 19.1 Å². The maximum Gasteiger partial charge on any atom is 0.345 e. The lowest BCUT2D eigenvalue weighted by Gasteiger charge is -2.05. The summed E-state index contributed by atoms with van der Waals surface area (Å²) < 4.78 is 9.43. The summed E-state index contributed by atoms with van der Waals surface area (Å²) >= 11 is 0. The van der Waals surface area contributed by atoms with Gasteiger partial charge in [0.1, 0.15) is 5.57 Å². The highest BCUT2D eigenvalue weighted by Crippen LogP contribution is 2.03. The minimum Gasteiger partial charge on any atom is -0.462 e. The zero-order valence-electron chi connectivity index (χ0n) is 8.83. The summed E-state index contributed by atoms with van der Waals surface area (Å²) in [5.41, 5.74) is -0.0174. The van der Waals surface area contributed by atoms with Gasteiger partial charge in [-0.1, -0.05) is 13.0 Å². The Morgan fingerprint density at radius 1 is 1.00 bits per heavy atom. The van der Waals surface area contributed by atoms with Gasteiger partial charge in [-0.3, -0.25) is 0 Å². The van der Waals surface area contributed by atoms with E-state index < -0.39 is 11.9 Å². The molecule has 0 aromatic rings. The number of allylic oxidation sites excluding steroid dienone is 1. The lowest BCUT2D eigenvalue weighted by molar-refractivity contribution is -0.146. The summed E-state index contributed by atoms with van der Waals surface area (Å²) in [6, 6.07) is 0. The first-order valence-corrected chi connectivity index (χ1v) is 4.71. The fourth-order valence-electron chi connectivity index (χ4n) is 0.872. The maximum atomic E-state index is 11.3. The molecular formula is C10H16O4. The highest BCUT2D eigenvalue weighted by molar-refractivity contribution is 6.13. The van der Waals surface area contributed by atoms with Gasteiger partial charge in [0.05, 0.1) is 13.2 Å². The lowest BCUT2D eigenvalue weighted by atomic mass is 10.2. The number of hydrogen-bond donors (Lipinski definition) is 0. The van der Waals surface area contributed by atoms with Crippen LogP contribution in [0, 0.1) is 0 Å². The van der Waals surface area contributed by atoms with Gasteiger partial charge in [0.25, 0.3) is 0 Å². The van der Waals surface area contributed by atoms with Crippen LogP contribution in [0.5, 0.6) is 0 Å². The van der Waals surface area contributed by atoms with Crippen LogP contribution in [0.25, 0.3) is 0 Å². The lowest BCUT2D eigenvalue weighted by Crippen LogP contribution is -2.18. The Labute approximate surface area is 83.9 Å². The first-order chi connectivity index (χ1) is 6.67. The van der Waals surface area contributed by atoms with E-state index in [-0.39, 0.29) is 18.8 Å². The zero-order valence-corrected chi connectivity index (χ0v) is 8.83. The van der Waals surface area contributed by atoms with Gasteiger partial charge in [-0.2, -0.15) is 0 Å². The highest BCUT2D eigenvalue weighted by atomic mass is 16.6. The standard InChI is InChI=1S/C10H16O4/c1-4-7-8(9(11)13-5-2)10(12)14-6-3/h7H,4-6H2,1-3H3. The first kappa shape index (κ1) is 12.7. The molecule has 0 N–H and O–H groups in total. The van der Waals surface area contributed by atoms with Gasteiger partial charge >= 0.3 is 11.9 Å². The monoisotopic (exact) mass is 200 g/mol. The number of carbonyl (C=O) groups is 2.